The van der Waals surface area contributed by atoms with Gasteiger partial charge in [-0.1, -0.05) is 11.6 Å². The van der Waals surface area contributed by atoms with E-state index in [0.717, 1.165) is 25.7 Å². The zero-order valence-electron chi connectivity index (χ0n) is 10.8. The molecule has 0 bridgehead atoms. The van der Waals surface area contributed by atoms with Crippen molar-refractivity contribution >= 4 is 28.9 Å². The van der Waals surface area contributed by atoms with Crippen molar-refractivity contribution in [2.24, 2.45) is 11.7 Å². The number of carbonyl (C=O) groups excluding carboxylic acids is 1. The molecule has 0 atom stereocenters. The first-order valence-electron chi connectivity index (χ1n) is 6.47. The number of hydrogen-bond donors (Lipinski definition) is 2. The van der Waals surface area contributed by atoms with Crippen molar-refractivity contribution < 1.29 is 9.72 Å². The van der Waals surface area contributed by atoms with E-state index < -0.39 is 4.92 Å². The molecular formula is C13H16ClN3O3. The third-order valence-corrected chi connectivity index (χ3v) is 3.89. The first-order valence-corrected chi connectivity index (χ1v) is 6.85. The number of nitro groups is 1. The van der Waals surface area contributed by atoms with Crippen LogP contribution in [-0.2, 0) is 4.79 Å². The monoisotopic (exact) mass is 297 g/mol. The number of hydrogen-bond acceptors (Lipinski definition) is 4. The average molecular weight is 298 g/mol. The molecule has 0 saturated heterocycles. The highest BCUT2D eigenvalue weighted by atomic mass is 35.5. The van der Waals surface area contributed by atoms with Crippen molar-refractivity contribution in [2.75, 3.05) is 5.32 Å². The van der Waals surface area contributed by atoms with Crippen LogP contribution in [0.15, 0.2) is 18.2 Å². The van der Waals surface area contributed by atoms with Crippen LogP contribution in [0.1, 0.15) is 25.7 Å². The number of nitrogens with zero attached hydrogens (tertiary/aromatic N) is 1. The molecule has 1 aliphatic rings. The van der Waals surface area contributed by atoms with Gasteiger partial charge in [0.1, 0.15) is 0 Å². The maximum atomic E-state index is 12.1. The lowest BCUT2D eigenvalue weighted by molar-refractivity contribution is -0.384. The summed E-state index contributed by atoms with van der Waals surface area (Å²) >= 11 is 5.95. The largest absolute Gasteiger partial charge is 0.328 e. The third-order valence-electron chi connectivity index (χ3n) is 3.56. The maximum Gasteiger partial charge on any atom is 0.271 e. The number of rotatable bonds is 3. The standard InChI is InChI=1S/C13H16ClN3O3/c14-11-6-5-10(17(19)20)7-12(11)16-13(18)8-1-3-9(15)4-2-8/h5-9H,1-4,15H2,(H,16,18). The van der Waals surface area contributed by atoms with Gasteiger partial charge in [0.25, 0.3) is 5.69 Å². The summed E-state index contributed by atoms with van der Waals surface area (Å²) in [6.45, 7) is 0. The molecule has 3 N–H and O–H groups in total. The van der Waals surface area contributed by atoms with Gasteiger partial charge in [-0.05, 0) is 31.7 Å². The highest BCUT2D eigenvalue weighted by Crippen LogP contribution is 2.29. The fourth-order valence-electron chi connectivity index (χ4n) is 2.34. The second-order valence-electron chi connectivity index (χ2n) is 5.02. The molecular weight excluding hydrogens is 282 g/mol. The number of nitrogens with one attached hydrogen (secondary N) is 1. The van der Waals surface area contributed by atoms with E-state index in [4.69, 9.17) is 17.3 Å². The summed E-state index contributed by atoms with van der Waals surface area (Å²) in [7, 11) is 0. The van der Waals surface area contributed by atoms with Gasteiger partial charge in [0.05, 0.1) is 15.6 Å². The van der Waals surface area contributed by atoms with Crippen LogP contribution < -0.4 is 11.1 Å². The third kappa shape index (κ3) is 3.46. The van der Waals surface area contributed by atoms with E-state index in [1.165, 1.54) is 18.2 Å². The Morgan fingerprint density at radius 3 is 2.60 bits per heavy atom. The highest BCUT2D eigenvalue weighted by Gasteiger charge is 2.25. The second kappa shape index (κ2) is 6.19. The molecule has 1 fully saturated rings. The van der Waals surface area contributed by atoms with E-state index in [1.54, 1.807) is 0 Å². The lowest BCUT2D eigenvalue weighted by Gasteiger charge is -2.25. The Bertz CT molecular complexity index is 528. The van der Waals surface area contributed by atoms with Crippen LogP contribution >= 0.6 is 11.6 Å². The summed E-state index contributed by atoms with van der Waals surface area (Å²) in [4.78, 5) is 22.3. The number of non-ortho nitro benzene ring substituents is 1. The molecule has 0 heterocycles. The van der Waals surface area contributed by atoms with Crippen molar-refractivity contribution in [3.63, 3.8) is 0 Å². The van der Waals surface area contributed by atoms with Gasteiger partial charge in [-0.25, -0.2) is 0 Å². The van der Waals surface area contributed by atoms with Gasteiger partial charge >= 0.3 is 0 Å². The molecule has 0 radical (unpaired) electrons. The van der Waals surface area contributed by atoms with Gasteiger partial charge in [-0.3, -0.25) is 14.9 Å². The number of nitro benzene ring substituents is 1. The molecule has 1 aliphatic carbocycles. The summed E-state index contributed by atoms with van der Waals surface area (Å²) in [5.74, 6) is -0.260. The van der Waals surface area contributed by atoms with Gasteiger partial charge in [-0.15, -0.1) is 0 Å². The molecule has 108 valence electrons. The summed E-state index contributed by atoms with van der Waals surface area (Å²) in [5, 5.41) is 13.7. The number of anilines is 1. The van der Waals surface area contributed by atoms with E-state index in [-0.39, 0.29) is 34.3 Å². The quantitative estimate of drug-likeness (QED) is 0.662. The molecule has 2 rings (SSSR count). The number of nitrogens with two attached hydrogens (primary N) is 1. The van der Waals surface area contributed by atoms with E-state index in [1.807, 2.05) is 0 Å². The maximum absolute atomic E-state index is 12.1. The predicted molar refractivity (Wildman–Crippen MR) is 76.7 cm³/mol. The van der Waals surface area contributed by atoms with E-state index in [0.29, 0.717) is 0 Å². The molecule has 1 aromatic rings. The fourth-order valence-corrected chi connectivity index (χ4v) is 2.50. The summed E-state index contributed by atoms with van der Waals surface area (Å²) in [5.41, 5.74) is 5.98. The number of benzene rings is 1. The summed E-state index contributed by atoms with van der Waals surface area (Å²) in [6, 6.07) is 4.15. The molecule has 6 nitrogen and oxygen atoms in total. The van der Waals surface area contributed by atoms with Crippen molar-refractivity contribution in [3.8, 4) is 0 Å². The highest BCUT2D eigenvalue weighted by molar-refractivity contribution is 6.33. The number of carbonyl (C=O) groups is 1. The smallest absolute Gasteiger partial charge is 0.271 e. The lowest BCUT2D eigenvalue weighted by atomic mass is 9.86. The van der Waals surface area contributed by atoms with Crippen LogP contribution in [0, 0.1) is 16.0 Å². The minimum atomic E-state index is -0.522. The topological polar surface area (TPSA) is 98.3 Å². The van der Waals surface area contributed by atoms with Crippen LogP contribution in [-0.4, -0.2) is 16.9 Å². The first-order chi connectivity index (χ1) is 9.47. The Balaban J connectivity index is 2.07. The van der Waals surface area contributed by atoms with Crippen molar-refractivity contribution in [3.05, 3.63) is 33.3 Å². The van der Waals surface area contributed by atoms with E-state index in [9.17, 15) is 14.9 Å². The summed E-state index contributed by atoms with van der Waals surface area (Å²) < 4.78 is 0. The zero-order chi connectivity index (χ0) is 14.7. The van der Waals surface area contributed by atoms with E-state index in [2.05, 4.69) is 5.32 Å². The first kappa shape index (κ1) is 14.7. The molecule has 1 saturated carbocycles. The Hall–Kier alpha value is -1.66. The minimum absolute atomic E-state index is 0.102. The van der Waals surface area contributed by atoms with Crippen LogP contribution in [0.25, 0.3) is 0 Å². The van der Waals surface area contributed by atoms with Crippen molar-refractivity contribution in [1.29, 1.82) is 0 Å². The predicted octanol–water partition coefficient (Wildman–Crippen LogP) is 2.70. The zero-order valence-corrected chi connectivity index (χ0v) is 11.6. The van der Waals surface area contributed by atoms with Gasteiger partial charge in [0, 0.05) is 24.1 Å². The SMILES string of the molecule is NC1CCC(C(=O)Nc2cc([N+](=O)[O-])ccc2Cl)CC1. The molecule has 1 amide bonds. The Morgan fingerprint density at radius 1 is 1.35 bits per heavy atom. The van der Waals surface area contributed by atoms with Gasteiger partial charge in [0.15, 0.2) is 0 Å². The second-order valence-corrected chi connectivity index (χ2v) is 5.43. The van der Waals surface area contributed by atoms with Crippen LogP contribution in [0.4, 0.5) is 11.4 Å². The normalized spacial score (nSPS) is 22.3. The molecule has 0 unspecified atom stereocenters. The molecule has 7 heteroatoms. The molecule has 0 aliphatic heterocycles. The van der Waals surface area contributed by atoms with Gasteiger partial charge < -0.3 is 11.1 Å². The van der Waals surface area contributed by atoms with Crippen LogP contribution in [0.2, 0.25) is 5.02 Å². The lowest BCUT2D eigenvalue weighted by Crippen LogP contribution is -2.32. The minimum Gasteiger partial charge on any atom is -0.328 e. The molecule has 1 aromatic carbocycles. The molecule has 20 heavy (non-hydrogen) atoms. The summed E-state index contributed by atoms with van der Waals surface area (Å²) in [6.07, 6.45) is 3.11. The molecule has 0 aromatic heterocycles. The Kier molecular flexibility index (Phi) is 4.57. The van der Waals surface area contributed by atoms with Crippen molar-refractivity contribution in [1.82, 2.24) is 0 Å². The Labute approximate surface area is 121 Å². The van der Waals surface area contributed by atoms with Gasteiger partial charge in [-0.2, -0.15) is 0 Å². The van der Waals surface area contributed by atoms with Crippen LogP contribution in [0.5, 0.6) is 0 Å². The van der Waals surface area contributed by atoms with Crippen molar-refractivity contribution in [2.45, 2.75) is 31.7 Å². The van der Waals surface area contributed by atoms with Crippen LogP contribution in [0.3, 0.4) is 0 Å². The number of halogens is 1. The Morgan fingerprint density at radius 2 is 2.00 bits per heavy atom. The average Bonchev–Trinajstić information content (AvgIpc) is 2.41. The van der Waals surface area contributed by atoms with Gasteiger partial charge in [0.2, 0.25) is 5.91 Å². The molecule has 0 spiro atoms. The fraction of sp³-hybridized carbons (Fsp3) is 0.462. The van der Waals surface area contributed by atoms with E-state index >= 15 is 0 Å². The number of amides is 1.